The highest BCUT2D eigenvalue weighted by atomic mass is 32.2. The fourth-order valence-corrected chi connectivity index (χ4v) is 2.54. The number of hydrogen-bond donors (Lipinski definition) is 1. The van der Waals surface area contributed by atoms with Crippen molar-refractivity contribution in [3.8, 4) is 0 Å². The van der Waals surface area contributed by atoms with Crippen molar-refractivity contribution in [2.24, 2.45) is 0 Å². The summed E-state index contributed by atoms with van der Waals surface area (Å²) in [5, 5.41) is 8.66. The third-order valence-electron chi connectivity index (χ3n) is 2.93. The van der Waals surface area contributed by atoms with Crippen molar-refractivity contribution in [1.29, 1.82) is 0 Å². The van der Waals surface area contributed by atoms with Crippen LogP contribution >= 0.6 is 11.8 Å². The Morgan fingerprint density at radius 3 is 2.33 bits per heavy atom. The first-order chi connectivity index (χ1) is 8.47. The molecule has 0 saturated carbocycles. The Labute approximate surface area is 114 Å². The molecular weight excluding hydrogens is 252 g/mol. The van der Waals surface area contributed by atoms with E-state index in [-0.39, 0.29) is 25.0 Å². The minimum Gasteiger partial charge on any atom is -0.481 e. The van der Waals surface area contributed by atoms with Gasteiger partial charge in [0.05, 0.1) is 6.42 Å². The van der Waals surface area contributed by atoms with E-state index < -0.39 is 5.97 Å². The number of carboxylic acid groups (broad SMARTS) is 1. The van der Waals surface area contributed by atoms with E-state index >= 15 is 0 Å². The molecule has 0 aromatic heterocycles. The fourth-order valence-electron chi connectivity index (χ4n) is 1.69. The topological polar surface area (TPSA) is 60.9 Å². The van der Waals surface area contributed by atoms with Gasteiger partial charge in [-0.25, -0.2) is 4.79 Å². The van der Waals surface area contributed by atoms with Gasteiger partial charge in [-0.05, 0) is 19.6 Å². The molecule has 0 saturated heterocycles. The minimum atomic E-state index is -0.875. The van der Waals surface area contributed by atoms with Gasteiger partial charge in [0.2, 0.25) is 0 Å². The van der Waals surface area contributed by atoms with Gasteiger partial charge in [0.15, 0.2) is 0 Å². The first-order valence-corrected chi connectivity index (χ1v) is 7.59. The van der Waals surface area contributed by atoms with Crippen molar-refractivity contribution in [3.63, 3.8) is 0 Å². The zero-order chi connectivity index (χ0) is 14.1. The van der Waals surface area contributed by atoms with Crippen LogP contribution in [0.15, 0.2) is 0 Å². The molecule has 0 radical (unpaired) electrons. The van der Waals surface area contributed by atoms with E-state index in [9.17, 15) is 9.59 Å². The molecule has 5 nitrogen and oxygen atoms in total. The maximum Gasteiger partial charge on any atom is 0.320 e. The SMILES string of the molecule is CCC(CSC)N(C)C(=O)N(CC)CCC(=O)O. The third-order valence-corrected chi connectivity index (χ3v) is 3.65. The highest BCUT2D eigenvalue weighted by molar-refractivity contribution is 7.98. The van der Waals surface area contributed by atoms with Gasteiger partial charge < -0.3 is 14.9 Å². The van der Waals surface area contributed by atoms with E-state index in [1.807, 2.05) is 13.2 Å². The largest absolute Gasteiger partial charge is 0.481 e. The molecule has 106 valence electrons. The summed E-state index contributed by atoms with van der Waals surface area (Å²) in [7, 11) is 1.79. The van der Waals surface area contributed by atoms with E-state index in [2.05, 4.69) is 6.92 Å². The maximum atomic E-state index is 12.2. The molecule has 18 heavy (non-hydrogen) atoms. The van der Waals surface area contributed by atoms with Crippen LogP contribution in [0.5, 0.6) is 0 Å². The minimum absolute atomic E-state index is 0.00720. The second-order valence-corrected chi connectivity index (χ2v) is 5.04. The third kappa shape index (κ3) is 5.62. The van der Waals surface area contributed by atoms with Crippen molar-refractivity contribution in [3.05, 3.63) is 0 Å². The van der Waals surface area contributed by atoms with Crippen LogP contribution in [0.3, 0.4) is 0 Å². The summed E-state index contributed by atoms with van der Waals surface area (Å²) in [5.74, 6) is 0.0231. The van der Waals surface area contributed by atoms with Gasteiger partial charge in [0, 0.05) is 31.9 Å². The second-order valence-electron chi connectivity index (χ2n) is 4.13. The Morgan fingerprint density at radius 1 is 1.33 bits per heavy atom. The van der Waals surface area contributed by atoms with Crippen molar-refractivity contribution in [2.45, 2.75) is 32.7 Å². The average Bonchev–Trinajstić information content (AvgIpc) is 2.35. The van der Waals surface area contributed by atoms with E-state index in [4.69, 9.17) is 5.11 Å². The van der Waals surface area contributed by atoms with Crippen LogP contribution in [-0.4, -0.2) is 65.1 Å². The normalized spacial score (nSPS) is 12.0. The summed E-state index contributed by atoms with van der Waals surface area (Å²) in [4.78, 5) is 26.1. The first-order valence-electron chi connectivity index (χ1n) is 6.20. The molecule has 1 unspecified atom stereocenters. The maximum absolute atomic E-state index is 12.2. The van der Waals surface area contributed by atoms with Crippen LogP contribution < -0.4 is 0 Å². The standard InChI is InChI=1S/C12H24N2O3S/c1-5-10(9-18-4)13(3)12(17)14(6-2)8-7-11(15)16/h10H,5-9H2,1-4H3,(H,15,16). The molecule has 0 heterocycles. The molecule has 2 amide bonds. The molecule has 0 aliphatic rings. The molecule has 0 aliphatic carbocycles. The van der Waals surface area contributed by atoms with Crippen LogP contribution in [0, 0.1) is 0 Å². The monoisotopic (exact) mass is 276 g/mol. The molecule has 0 aliphatic heterocycles. The molecule has 6 heteroatoms. The van der Waals surface area contributed by atoms with Gasteiger partial charge in [0.25, 0.3) is 0 Å². The van der Waals surface area contributed by atoms with Gasteiger partial charge in [-0.2, -0.15) is 11.8 Å². The van der Waals surface area contributed by atoms with E-state index in [0.717, 1.165) is 12.2 Å². The van der Waals surface area contributed by atoms with Crippen LogP contribution in [0.4, 0.5) is 4.79 Å². The number of rotatable bonds is 8. The zero-order valence-electron chi connectivity index (χ0n) is 11.7. The Balaban J connectivity index is 4.50. The van der Waals surface area contributed by atoms with Crippen molar-refractivity contribution in [2.75, 3.05) is 32.1 Å². The molecule has 1 N–H and O–H groups in total. The summed E-state index contributed by atoms with van der Waals surface area (Å²) in [6.07, 6.45) is 2.91. The molecule has 0 aromatic rings. The van der Waals surface area contributed by atoms with E-state index in [1.165, 1.54) is 0 Å². The molecule has 1 atom stereocenters. The van der Waals surface area contributed by atoms with Crippen molar-refractivity contribution in [1.82, 2.24) is 9.80 Å². The Bertz CT molecular complexity index is 274. The molecule has 0 spiro atoms. The number of carbonyl (C=O) groups excluding carboxylic acids is 1. The van der Waals surface area contributed by atoms with Gasteiger partial charge in [-0.3, -0.25) is 4.79 Å². The van der Waals surface area contributed by atoms with Gasteiger partial charge >= 0.3 is 12.0 Å². The lowest BCUT2D eigenvalue weighted by Gasteiger charge is -2.32. The number of carboxylic acids is 1. The van der Waals surface area contributed by atoms with Crippen LogP contribution in [0.1, 0.15) is 26.7 Å². The lowest BCUT2D eigenvalue weighted by Crippen LogP contribution is -2.47. The molecule has 0 bridgehead atoms. The number of hydrogen-bond acceptors (Lipinski definition) is 3. The van der Waals surface area contributed by atoms with E-state index in [1.54, 1.807) is 28.6 Å². The van der Waals surface area contributed by atoms with Crippen LogP contribution in [0.25, 0.3) is 0 Å². The number of urea groups is 1. The van der Waals surface area contributed by atoms with Gasteiger partial charge in [0.1, 0.15) is 0 Å². The first kappa shape index (κ1) is 17.1. The molecule has 0 fully saturated rings. The predicted molar refractivity (Wildman–Crippen MR) is 75.1 cm³/mol. The highest BCUT2D eigenvalue weighted by Crippen LogP contribution is 2.11. The Morgan fingerprint density at radius 2 is 1.94 bits per heavy atom. The van der Waals surface area contributed by atoms with E-state index in [0.29, 0.717) is 6.54 Å². The zero-order valence-corrected chi connectivity index (χ0v) is 12.5. The summed E-state index contributed by atoms with van der Waals surface area (Å²) in [5.41, 5.74) is 0. The average molecular weight is 276 g/mol. The smallest absolute Gasteiger partial charge is 0.320 e. The van der Waals surface area contributed by atoms with Crippen molar-refractivity contribution >= 4 is 23.8 Å². The quantitative estimate of drug-likeness (QED) is 0.736. The number of thioether (sulfide) groups is 1. The second kappa shape index (κ2) is 9.08. The Hall–Kier alpha value is -0.910. The van der Waals surface area contributed by atoms with Crippen LogP contribution in [0.2, 0.25) is 0 Å². The van der Waals surface area contributed by atoms with Gasteiger partial charge in [-0.15, -0.1) is 0 Å². The molecule has 0 rings (SSSR count). The molecular formula is C12H24N2O3S. The van der Waals surface area contributed by atoms with Gasteiger partial charge in [-0.1, -0.05) is 6.92 Å². The highest BCUT2D eigenvalue weighted by Gasteiger charge is 2.22. The predicted octanol–water partition coefficient (Wildman–Crippen LogP) is 1.98. The number of aliphatic carboxylic acids is 1. The lowest BCUT2D eigenvalue weighted by molar-refractivity contribution is -0.137. The number of carbonyl (C=O) groups is 2. The van der Waals surface area contributed by atoms with Crippen molar-refractivity contribution < 1.29 is 14.7 Å². The summed E-state index contributed by atoms with van der Waals surface area (Å²) in [6, 6.07) is 0.117. The lowest BCUT2D eigenvalue weighted by atomic mass is 10.2. The van der Waals surface area contributed by atoms with Crippen LogP contribution in [-0.2, 0) is 4.79 Å². The number of nitrogens with zero attached hydrogens (tertiary/aromatic N) is 2. The number of amides is 2. The Kier molecular flexibility index (Phi) is 8.62. The summed E-state index contributed by atoms with van der Waals surface area (Å²) < 4.78 is 0. The molecule has 0 aromatic carbocycles. The summed E-state index contributed by atoms with van der Waals surface area (Å²) >= 11 is 1.71. The summed E-state index contributed by atoms with van der Waals surface area (Å²) in [6.45, 7) is 4.72. The fraction of sp³-hybridized carbons (Fsp3) is 0.833.